The maximum atomic E-state index is 11.5. The first-order valence-electron chi connectivity index (χ1n) is 4.48. The Labute approximate surface area is 101 Å². The fraction of sp³-hybridized carbons (Fsp3) is 0.625. The standard InChI is InChI=1S/C8H13BrN4OS/c1-4-13(5-6(14)12(2)3)8-11-10-7(9)15-8/h4-5H2,1-3H3. The smallest absolute Gasteiger partial charge is 0.241 e. The molecule has 0 N–H and O–H groups in total. The Morgan fingerprint density at radius 3 is 2.53 bits per heavy atom. The zero-order valence-corrected chi connectivity index (χ0v) is 11.3. The van der Waals surface area contributed by atoms with Gasteiger partial charge in [0, 0.05) is 20.6 Å². The van der Waals surface area contributed by atoms with Gasteiger partial charge in [0.05, 0.1) is 6.54 Å². The number of amides is 1. The first kappa shape index (κ1) is 12.4. The van der Waals surface area contributed by atoms with Crippen LogP contribution in [-0.2, 0) is 4.79 Å². The molecule has 1 aromatic rings. The van der Waals surface area contributed by atoms with Gasteiger partial charge in [-0.3, -0.25) is 4.79 Å². The topological polar surface area (TPSA) is 49.3 Å². The molecule has 1 amide bonds. The summed E-state index contributed by atoms with van der Waals surface area (Å²) in [5.74, 6) is 0.0585. The number of halogens is 1. The normalized spacial score (nSPS) is 10.1. The van der Waals surface area contributed by atoms with Gasteiger partial charge >= 0.3 is 0 Å². The number of hydrogen-bond acceptors (Lipinski definition) is 5. The van der Waals surface area contributed by atoms with Crippen LogP contribution in [0, 0.1) is 0 Å². The third kappa shape index (κ3) is 3.42. The number of rotatable bonds is 4. The van der Waals surface area contributed by atoms with Crippen LogP contribution in [0.4, 0.5) is 5.13 Å². The van der Waals surface area contributed by atoms with Crippen molar-refractivity contribution < 1.29 is 4.79 Å². The molecule has 0 saturated heterocycles. The van der Waals surface area contributed by atoms with E-state index in [0.29, 0.717) is 6.54 Å². The molecule has 0 atom stereocenters. The summed E-state index contributed by atoms with van der Waals surface area (Å²) in [5.41, 5.74) is 0. The second-order valence-electron chi connectivity index (χ2n) is 3.14. The van der Waals surface area contributed by atoms with Crippen molar-refractivity contribution in [3.63, 3.8) is 0 Å². The third-order valence-electron chi connectivity index (χ3n) is 1.87. The summed E-state index contributed by atoms with van der Waals surface area (Å²) in [6.07, 6.45) is 0. The van der Waals surface area contributed by atoms with Crippen molar-refractivity contribution in [2.75, 3.05) is 32.1 Å². The molecule has 0 fully saturated rings. The van der Waals surface area contributed by atoms with Gasteiger partial charge in [-0.25, -0.2) is 0 Å². The van der Waals surface area contributed by atoms with E-state index in [4.69, 9.17) is 0 Å². The number of anilines is 1. The maximum absolute atomic E-state index is 11.5. The van der Waals surface area contributed by atoms with E-state index in [1.165, 1.54) is 11.3 Å². The van der Waals surface area contributed by atoms with Gasteiger partial charge in [0.1, 0.15) is 0 Å². The SMILES string of the molecule is CCN(CC(=O)N(C)C)c1nnc(Br)s1. The quantitative estimate of drug-likeness (QED) is 0.837. The number of carbonyl (C=O) groups excluding carboxylic acids is 1. The largest absolute Gasteiger partial charge is 0.347 e. The molecule has 0 spiro atoms. The maximum Gasteiger partial charge on any atom is 0.241 e. The number of aromatic nitrogens is 2. The van der Waals surface area contributed by atoms with Crippen LogP contribution < -0.4 is 4.90 Å². The Balaban J connectivity index is 2.68. The predicted molar refractivity (Wildman–Crippen MR) is 64.2 cm³/mol. The van der Waals surface area contributed by atoms with E-state index in [-0.39, 0.29) is 5.91 Å². The molecular formula is C8H13BrN4OS. The second-order valence-corrected chi connectivity index (χ2v) is 5.37. The molecule has 1 rings (SSSR count). The summed E-state index contributed by atoms with van der Waals surface area (Å²) in [7, 11) is 3.48. The first-order valence-corrected chi connectivity index (χ1v) is 6.09. The molecule has 0 saturated carbocycles. The molecule has 0 aliphatic rings. The summed E-state index contributed by atoms with van der Waals surface area (Å²) in [6.45, 7) is 3.06. The average Bonchev–Trinajstić information content (AvgIpc) is 2.60. The third-order valence-corrected chi connectivity index (χ3v) is 3.28. The highest BCUT2D eigenvalue weighted by Crippen LogP contribution is 2.23. The van der Waals surface area contributed by atoms with Crippen molar-refractivity contribution in [2.24, 2.45) is 0 Å². The fourth-order valence-corrected chi connectivity index (χ4v) is 2.10. The van der Waals surface area contributed by atoms with Gasteiger partial charge in [-0.05, 0) is 22.9 Å². The molecule has 1 aromatic heterocycles. The minimum absolute atomic E-state index is 0.0585. The average molecular weight is 293 g/mol. The van der Waals surface area contributed by atoms with Crippen molar-refractivity contribution in [1.29, 1.82) is 0 Å². The van der Waals surface area contributed by atoms with Crippen molar-refractivity contribution in [3.8, 4) is 0 Å². The molecule has 0 aliphatic heterocycles. The molecule has 0 radical (unpaired) electrons. The van der Waals surface area contributed by atoms with E-state index >= 15 is 0 Å². The molecular weight excluding hydrogens is 280 g/mol. The van der Waals surface area contributed by atoms with Crippen molar-refractivity contribution in [1.82, 2.24) is 15.1 Å². The van der Waals surface area contributed by atoms with Gasteiger partial charge in [-0.1, -0.05) is 11.3 Å². The minimum Gasteiger partial charge on any atom is -0.347 e. The monoisotopic (exact) mass is 292 g/mol. The van der Waals surface area contributed by atoms with Crippen molar-refractivity contribution in [3.05, 3.63) is 3.92 Å². The molecule has 0 aliphatic carbocycles. The Hall–Kier alpha value is -0.690. The van der Waals surface area contributed by atoms with E-state index in [2.05, 4.69) is 26.1 Å². The van der Waals surface area contributed by atoms with Crippen LogP contribution in [0.1, 0.15) is 6.92 Å². The molecule has 7 heteroatoms. The Morgan fingerprint density at radius 2 is 2.13 bits per heavy atom. The number of carbonyl (C=O) groups is 1. The summed E-state index contributed by atoms with van der Waals surface area (Å²) < 4.78 is 0.730. The second kappa shape index (κ2) is 5.41. The van der Waals surface area contributed by atoms with Crippen molar-refractivity contribution in [2.45, 2.75) is 6.92 Å². The van der Waals surface area contributed by atoms with Gasteiger partial charge < -0.3 is 9.80 Å². The Bertz CT molecular complexity index is 341. The molecule has 0 unspecified atom stereocenters. The van der Waals surface area contributed by atoms with E-state index in [9.17, 15) is 4.79 Å². The van der Waals surface area contributed by atoms with Gasteiger partial charge in [0.2, 0.25) is 11.0 Å². The summed E-state index contributed by atoms with van der Waals surface area (Å²) >= 11 is 4.67. The van der Waals surface area contributed by atoms with E-state index in [1.54, 1.807) is 19.0 Å². The molecule has 5 nitrogen and oxygen atoms in total. The molecule has 0 aromatic carbocycles. The predicted octanol–water partition coefficient (Wildman–Crippen LogP) is 1.22. The van der Waals surface area contributed by atoms with Gasteiger partial charge in [0.15, 0.2) is 3.92 Å². The Kier molecular flexibility index (Phi) is 4.46. The Morgan fingerprint density at radius 1 is 1.47 bits per heavy atom. The zero-order chi connectivity index (χ0) is 11.4. The van der Waals surface area contributed by atoms with E-state index in [1.807, 2.05) is 11.8 Å². The minimum atomic E-state index is 0.0585. The van der Waals surface area contributed by atoms with E-state index < -0.39 is 0 Å². The van der Waals surface area contributed by atoms with Crippen LogP contribution in [-0.4, -0.2) is 48.2 Å². The zero-order valence-electron chi connectivity index (χ0n) is 8.90. The van der Waals surface area contributed by atoms with Gasteiger partial charge in [-0.15, -0.1) is 10.2 Å². The van der Waals surface area contributed by atoms with Crippen molar-refractivity contribution >= 4 is 38.3 Å². The fourth-order valence-electron chi connectivity index (χ4n) is 0.945. The van der Waals surface area contributed by atoms with Crippen LogP contribution in [0.5, 0.6) is 0 Å². The highest BCUT2D eigenvalue weighted by molar-refractivity contribution is 9.11. The van der Waals surface area contributed by atoms with E-state index in [0.717, 1.165) is 15.6 Å². The highest BCUT2D eigenvalue weighted by Gasteiger charge is 2.14. The lowest BCUT2D eigenvalue weighted by Crippen LogP contribution is -2.36. The summed E-state index contributed by atoms with van der Waals surface area (Å²) in [5, 5.41) is 8.60. The van der Waals surface area contributed by atoms with Crippen LogP contribution >= 0.6 is 27.3 Å². The lowest BCUT2D eigenvalue weighted by molar-refractivity contribution is -0.127. The summed E-state index contributed by atoms with van der Waals surface area (Å²) in [4.78, 5) is 15.0. The van der Waals surface area contributed by atoms with Crippen LogP contribution in [0.15, 0.2) is 3.92 Å². The van der Waals surface area contributed by atoms with Gasteiger partial charge in [0.25, 0.3) is 0 Å². The number of hydrogen-bond donors (Lipinski definition) is 0. The lowest BCUT2D eigenvalue weighted by Gasteiger charge is -2.20. The lowest BCUT2D eigenvalue weighted by atomic mass is 10.5. The highest BCUT2D eigenvalue weighted by atomic mass is 79.9. The number of nitrogens with zero attached hydrogens (tertiary/aromatic N) is 4. The van der Waals surface area contributed by atoms with Crippen LogP contribution in [0.3, 0.4) is 0 Å². The first-order chi connectivity index (χ1) is 7.04. The molecule has 15 heavy (non-hydrogen) atoms. The molecule has 84 valence electrons. The van der Waals surface area contributed by atoms with Gasteiger partial charge in [-0.2, -0.15) is 0 Å². The van der Waals surface area contributed by atoms with Crippen LogP contribution in [0.25, 0.3) is 0 Å². The summed E-state index contributed by atoms with van der Waals surface area (Å²) in [6, 6.07) is 0. The molecule has 1 heterocycles. The van der Waals surface area contributed by atoms with Crippen LogP contribution in [0.2, 0.25) is 0 Å². The number of likely N-dealkylation sites (N-methyl/N-ethyl adjacent to an activating group) is 2. The molecule has 0 bridgehead atoms.